The van der Waals surface area contributed by atoms with Crippen LogP contribution < -0.4 is 20.3 Å². The van der Waals surface area contributed by atoms with Gasteiger partial charge in [0.05, 0.1) is 26.4 Å². The van der Waals surface area contributed by atoms with Crippen molar-refractivity contribution in [3.63, 3.8) is 0 Å². The van der Waals surface area contributed by atoms with Crippen molar-refractivity contribution in [2.75, 3.05) is 52.8 Å². The molecule has 11 heteroatoms. The number of rotatable bonds is 13. The van der Waals surface area contributed by atoms with Crippen molar-refractivity contribution >= 4 is 17.5 Å². The number of nitrogens with zero attached hydrogens (tertiary/aromatic N) is 3. The molecule has 2 saturated heterocycles. The number of carbonyl (C=O) groups excluding carboxylic acids is 2. The Bertz CT molecular complexity index is 1600. The maximum atomic E-state index is 14.2. The molecule has 3 aliphatic carbocycles. The zero-order valence-electron chi connectivity index (χ0n) is 32.4. The Kier molecular flexibility index (Phi) is 11.6. The van der Waals surface area contributed by atoms with Crippen LogP contribution in [0.1, 0.15) is 75.7 Å². The maximum Gasteiger partial charge on any atom is 0.251 e. The van der Waals surface area contributed by atoms with E-state index in [1.165, 1.54) is 12.8 Å². The van der Waals surface area contributed by atoms with Gasteiger partial charge in [-0.2, -0.15) is 5.06 Å². The van der Waals surface area contributed by atoms with Gasteiger partial charge in [-0.25, -0.2) is 0 Å². The molecule has 2 aromatic rings. The summed E-state index contributed by atoms with van der Waals surface area (Å²) >= 11 is 0. The Balaban J connectivity index is 1.25. The molecule has 2 amide bonds. The van der Waals surface area contributed by atoms with Crippen LogP contribution in [0.15, 0.2) is 36.4 Å². The van der Waals surface area contributed by atoms with E-state index in [0.29, 0.717) is 41.7 Å². The first kappa shape index (κ1) is 38.5. The third kappa shape index (κ3) is 7.44. The Morgan fingerprint density at radius 3 is 2.56 bits per heavy atom. The molecule has 286 valence electrons. The summed E-state index contributed by atoms with van der Waals surface area (Å²) in [6, 6.07) is 11.4. The fourth-order valence-corrected chi connectivity index (χ4v) is 9.78. The molecule has 11 nitrogen and oxygen atoms in total. The predicted molar refractivity (Wildman–Crippen MR) is 203 cm³/mol. The molecule has 2 bridgehead atoms. The topological polar surface area (TPSA) is 127 Å². The van der Waals surface area contributed by atoms with E-state index in [-0.39, 0.29) is 36.4 Å². The van der Waals surface area contributed by atoms with Crippen LogP contribution in [-0.4, -0.2) is 110 Å². The van der Waals surface area contributed by atoms with E-state index < -0.39 is 24.2 Å². The van der Waals surface area contributed by atoms with Crippen molar-refractivity contribution in [2.24, 2.45) is 29.1 Å². The number of hydrogen-bond acceptors (Lipinski definition) is 9. The number of hydroxylamine groups is 2. The molecule has 7 rings (SSSR count). The molecular formula is C41H61N5O6. The molecule has 2 aromatic carbocycles. The van der Waals surface area contributed by atoms with Crippen molar-refractivity contribution in [3.8, 4) is 16.9 Å². The van der Waals surface area contributed by atoms with Crippen LogP contribution in [0.4, 0.5) is 5.69 Å². The summed E-state index contributed by atoms with van der Waals surface area (Å²) in [6.07, 6.45) is 3.79. The van der Waals surface area contributed by atoms with E-state index in [9.17, 15) is 19.8 Å². The van der Waals surface area contributed by atoms with Gasteiger partial charge in [0.25, 0.3) is 5.91 Å². The standard InChI is InChI=1S/C41H61N5O6/c1-24-33-20-29(41(33,3)4)21-34(24)43-40(50)37-36(25(2)48)35(23-47)52-46(37)22-26-11-9-13-32(38(26)51-8)27-17-28(19-31(18-27)44(5)6)39(49)42-15-14-30-12-10-16-45(30)7/h9,11,13,17-19,24-25,29-30,33-37,47-48H,10,12,14-16,20-23H2,1-8H3,(H,42,49)(H,43,50)/t24-,25-,29-,30?,33-,34-,35-,36-,37-/m0/s1. The van der Waals surface area contributed by atoms with Crippen LogP contribution in [0, 0.1) is 29.1 Å². The fraction of sp³-hybridized carbons (Fsp3) is 0.659. The van der Waals surface area contributed by atoms with Crippen LogP contribution in [0.5, 0.6) is 5.75 Å². The van der Waals surface area contributed by atoms with E-state index in [2.05, 4.69) is 43.4 Å². The summed E-state index contributed by atoms with van der Waals surface area (Å²) < 4.78 is 6.07. The van der Waals surface area contributed by atoms with Gasteiger partial charge >= 0.3 is 0 Å². The number of likely N-dealkylation sites (tertiary alicyclic amines) is 1. The van der Waals surface area contributed by atoms with Gasteiger partial charge in [-0.3, -0.25) is 14.4 Å². The van der Waals surface area contributed by atoms with Crippen LogP contribution in [0.3, 0.4) is 0 Å². The Hall–Kier alpha value is -3.22. The van der Waals surface area contributed by atoms with Crippen molar-refractivity contribution in [1.29, 1.82) is 0 Å². The molecule has 0 radical (unpaired) electrons. The van der Waals surface area contributed by atoms with E-state index in [1.54, 1.807) is 19.1 Å². The van der Waals surface area contributed by atoms with E-state index >= 15 is 0 Å². The summed E-state index contributed by atoms with van der Waals surface area (Å²) in [5, 5.41) is 29.4. The molecule has 1 unspecified atom stereocenters. The van der Waals surface area contributed by atoms with Crippen LogP contribution in [0.25, 0.3) is 11.1 Å². The lowest BCUT2D eigenvalue weighted by atomic mass is 9.45. The van der Waals surface area contributed by atoms with Crippen molar-refractivity contribution in [2.45, 2.75) is 96.7 Å². The van der Waals surface area contributed by atoms with Crippen LogP contribution >= 0.6 is 0 Å². The molecule has 5 fully saturated rings. The highest BCUT2D eigenvalue weighted by Gasteiger charge is 2.57. The van der Waals surface area contributed by atoms with Gasteiger partial charge < -0.3 is 35.4 Å². The van der Waals surface area contributed by atoms with Crippen molar-refractivity contribution in [1.82, 2.24) is 20.6 Å². The number of methoxy groups -OCH3 is 1. The van der Waals surface area contributed by atoms with E-state index in [0.717, 1.165) is 48.2 Å². The first-order valence-electron chi connectivity index (χ1n) is 19.2. The van der Waals surface area contributed by atoms with Gasteiger partial charge in [0.15, 0.2) is 0 Å². The second kappa shape index (κ2) is 15.6. The lowest BCUT2D eigenvalue weighted by Crippen LogP contribution is -2.62. The minimum absolute atomic E-state index is 0.0474. The number of fused-ring (bicyclic) bond motifs is 2. The molecule has 2 heterocycles. The molecule has 3 saturated carbocycles. The summed E-state index contributed by atoms with van der Waals surface area (Å²) in [4.78, 5) is 38.3. The quantitative estimate of drug-likeness (QED) is 0.240. The minimum atomic E-state index is -0.889. The largest absolute Gasteiger partial charge is 0.496 e. The number of para-hydroxylation sites is 1. The highest BCUT2D eigenvalue weighted by molar-refractivity contribution is 5.97. The zero-order valence-corrected chi connectivity index (χ0v) is 32.4. The first-order chi connectivity index (χ1) is 24.7. The third-order valence-corrected chi connectivity index (χ3v) is 13.1. The third-order valence-electron chi connectivity index (χ3n) is 13.1. The molecule has 5 aliphatic rings. The lowest BCUT2D eigenvalue weighted by molar-refractivity contribution is -0.183. The number of carbonyl (C=O) groups is 2. The lowest BCUT2D eigenvalue weighted by Gasteiger charge is -2.62. The maximum absolute atomic E-state index is 14.2. The molecule has 0 aromatic heterocycles. The average Bonchev–Trinajstić information content (AvgIpc) is 3.70. The monoisotopic (exact) mass is 719 g/mol. The number of aliphatic hydroxyl groups is 2. The summed E-state index contributed by atoms with van der Waals surface area (Å²) in [5.41, 5.74) is 4.14. The number of amides is 2. The molecule has 2 aliphatic heterocycles. The molecule has 9 atom stereocenters. The Morgan fingerprint density at radius 1 is 1.17 bits per heavy atom. The smallest absolute Gasteiger partial charge is 0.251 e. The van der Waals surface area contributed by atoms with Gasteiger partial charge in [-0.15, -0.1) is 0 Å². The molecule has 0 spiro atoms. The second-order valence-corrected chi connectivity index (χ2v) is 16.7. The Labute approximate surface area is 310 Å². The number of aliphatic hydroxyl groups excluding tert-OH is 2. The fourth-order valence-electron chi connectivity index (χ4n) is 9.78. The number of nitrogens with one attached hydrogen (secondary N) is 2. The average molecular weight is 720 g/mol. The minimum Gasteiger partial charge on any atom is -0.496 e. The Morgan fingerprint density at radius 2 is 1.94 bits per heavy atom. The zero-order chi connectivity index (χ0) is 37.5. The van der Waals surface area contributed by atoms with Crippen LogP contribution in [0.2, 0.25) is 0 Å². The number of ether oxygens (including phenoxy) is 1. The number of benzene rings is 2. The first-order valence-corrected chi connectivity index (χ1v) is 19.2. The highest BCUT2D eigenvalue weighted by atomic mass is 16.7. The summed E-state index contributed by atoms with van der Waals surface area (Å²) in [7, 11) is 7.67. The van der Waals surface area contributed by atoms with Gasteiger partial charge in [0.2, 0.25) is 5.91 Å². The van der Waals surface area contributed by atoms with Crippen molar-refractivity contribution < 1.29 is 29.4 Å². The van der Waals surface area contributed by atoms with E-state index in [4.69, 9.17) is 9.57 Å². The van der Waals surface area contributed by atoms with Gasteiger partial charge in [-0.05, 0) is 99.6 Å². The molecular weight excluding hydrogens is 658 g/mol. The number of anilines is 1. The van der Waals surface area contributed by atoms with Crippen molar-refractivity contribution in [3.05, 3.63) is 47.5 Å². The normalized spacial score (nSPS) is 30.4. The predicted octanol–water partition coefficient (Wildman–Crippen LogP) is 4.30. The summed E-state index contributed by atoms with van der Waals surface area (Å²) in [5.74, 6) is 1.14. The molecule has 52 heavy (non-hydrogen) atoms. The SMILES string of the molecule is COc1c(CN2O[C@@H](CO)[C@H]([C@H](C)O)[C@H]2C(=O)N[C@H]2C[C@@H]3C[C@@H]([C@@H]2C)C3(C)C)cccc1-c1cc(C(=O)NCCC2CCCN2C)cc(N(C)C)c1. The van der Waals surface area contributed by atoms with Crippen LogP contribution in [-0.2, 0) is 16.2 Å². The van der Waals surface area contributed by atoms with Gasteiger partial charge in [0.1, 0.15) is 17.9 Å². The van der Waals surface area contributed by atoms with Gasteiger partial charge in [0, 0.05) is 61.0 Å². The second-order valence-electron chi connectivity index (χ2n) is 16.7. The summed E-state index contributed by atoms with van der Waals surface area (Å²) in [6.45, 7) is 10.1. The van der Waals surface area contributed by atoms with E-state index in [1.807, 2.05) is 55.4 Å². The van der Waals surface area contributed by atoms with Gasteiger partial charge in [-0.1, -0.05) is 39.0 Å². The highest BCUT2D eigenvalue weighted by Crippen LogP contribution is 2.61. The number of hydrogen-bond donors (Lipinski definition) is 4. The molecule has 4 N–H and O–H groups in total.